The van der Waals surface area contributed by atoms with E-state index in [9.17, 15) is 0 Å². The number of hydrogen-bond donors (Lipinski definition) is 1. The van der Waals surface area contributed by atoms with Crippen molar-refractivity contribution in [3.63, 3.8) is 0 Å². The average Bonchev–Trinajstić information content (AvgIpc) is 2.61. The number of nitrogens with one attached hydrogen (secondary N) is 1. The minimum atomic E-state index is 0.869. The monoisotopic (exact) mass is 247 g/mol. The van der Waals surface area contributed by atoms with Gasteiger partial charge in [0.2, 0.25) is 0 Å². The van der Waals surface area contributed by atoms with Crippen LogP contribution in [0, 0.1) is 5.92 Å². The third-order valence-electron chi connectivity index (χ3n) is 3.80. The smallest absolute Gasteiger partial charge is 0.0442 e. The molecule has 0 bridgehead atoms. The Balaban J connectivity index is 2.10. The van der Waals surface area contributed by atoms with Crippen LogP contribution in [0.3, 0.4) is 0 Å². The van der Waals surface area contributed by atoms with Crippen molar-refractivity contribution in [2.75, 3.05) is 24.5 Å². The fourth-order valence-corrected chi connectivity index (χ4v) is 2.63. The standard InChI is InChI=1S/C15H25N3/c1-3-16-11-14-12-17-8-6-15(14)18-9-4-5-13(2)7-10-18/h6,8,12-13,16H,3-5,7,9-11H2,1-2H3. The van der Waals surface area contributed by atoms with Gasteiger partial charge in [0.05, 0.1) is 0 Å². The highest BCUT2D eigenvalue weighted by Gasteiger charge is 2.16. The summed E-state index contributed by atoms with van der Waals surface area (Å²) >= 11 is 0. The van der Waals surface area contributed by atoms with Gasteiger partial charge in [-0.05, 0) is 37.8 Å². The maximum Gasteiger partial charge on any atom is 0.0442 e. The molecule has 0 aliphatic carbocycles. The average molecular weight is 247 g/mol. The molecular formula is C15H25N3. The summed E-state index contributed by atoms with van der Waals surface area (Å²) in [4.78, 5) is 6.80. The van der Waals surface area contributed by atoms with Gasteiger partial charge in [-0.2, -0.15) is 0 Å². The summed E-state index contributed by atoms with van der Waals surface area (Å²) in [5, 5.41) is 3.40. The number of aromatic nitrogens is 1. The molecule has 1 aromatic rings. The Kier molecular flexibility index (Phi) is 5.00. The van der Waals surface area contributed by atoms with E-state index in [0.717, 1.165) is 19.0 Å². The topological polar surface area (TPSA) is 28.2 Å². The van der Waals surface area contributed by atoms with Crippen molar-refractivity contribution >= 4 is 5.69 Å². The summed E-state index contributed by atoms with van der Waals surface area (Å²) in [7, 11) is 0. The Morgan fingerprint density at radius 3 is 3.11 bits per heavy atom. The molecule has 2 heterocycles. The highest BCUT2D eigenvalue weighted by atomic mass is 15.1. The lowest BCUT2D eigenvalue weighted by Crippen LogP contribution is -2.26. The molecule has 1 aliphatic heterocycles. The molecule has 0 spiro atoms. The van der Waals surface area contributed by atoms with Crippen molar-refractivity contribution in [2.45, 2.75) is 39.7 Å². The van der Waals surface area contributed by atoms with E-state index in [4.69, 9.17) is 0 Å². The predicted octanol–water partition coefficient (Wildman–Crippen LogP) is 2.82. The van der Waals surface area contributed by atoms with E-state index in [-0.39, 0.29) is 0 Å². The Labute approximate surface area is 111 Å². The molecule has 1 saturated heterocycles. The maximum absolute atomic E-state index is 4.26. The van der Waals surface area contributed by atoms with Crippen LogP contribution >= 0.6 is 0 Å². The van der Waals surface area contributed by atoms with Crippen LogP contribution in [-0.2, 0) is 6.54 Å². The molecule has 1 fully saturated rings. The minimum Gasteiger partial charge on any atom is -0.371 e. The van der Waals surface area contributed by atoms with Crippen molar-refractivity contribution in [1.29, 1.82) is 0 Å². The van der Waals surface area contributed by atoms with Gasteiger partial charge < -0.3 is 10.2 Å². The van der Waals surface area contributed by atoms with Crippen molar-refractivity contribution < 1.29 is 0 Å². The Bertz CT molecular complexity index is 365. The molecule has 1 aliphatic rings. The lowest BCUT2D eigenvalue weighted by molar-refractivity contribution is 0.521. The molecule has 0 amide bonds. The number of anilines is 1. The third-order valence-corrected chi connectivity index (χ3v) is 3.80. The molecule has 1 N–H and O–H groups in total. The van der Waals surface area contributed by atoms with Crippen LogP contribution < -0.4 is 10.2 Å². The molecule has 18 heavy (non-hydrogen) atoms. The highest BCUT2D eigenvalue weighted by molar-refractivity contribution is 5.52. The number of hydrogen-bond acceptors (Lipinski definition) is 3. The molecule has 2 rings (SSSR count). The van der Waals surface area contributed by atoms with Gasteiger partial charge in [0.15, 0.2) is 0 Å². The molecule has 3 nitrogen and oxygen atoms in total. The van der Waals surface area contributed by atoms with Crippen molar-refractivity contribution in [3.8, 4) is 0 Å². The first-order valence-electron chi connectivity index (χ1n) is 7.19. The van der Waals surface area contributed by atoms with Gasteiger partial charge in [0.25, 0.3) is 0 Å². The maximum atomic E-state index is 4.26. The van der Waals surface area contributed by atoms with Gasteiger partial charge in [-0.15, -0.1) is 0 Å². The molecule has 100 valence electrons. The van der Waals surface area contributed by atoms with Gasteiger partial charge in [0.1, 0.15) is 0 Å². The van der Waals surface area contributed by atoms with E-state index in [0.29, 0.717) is 0 Å². The lowest BCUT2D eigenvalue weighted by atomic mass is 10.0. The normalized spacial score (nSPS) is 20.8. The van der Waals surface area contributed by atoms with Crippen LogP contribution in [-0.4, -0.2) is 24.6 Å². The largest absolute Gasteiger partial charge is 0.371 e. The number of nitrogens with zero attached hydrogens (tertiary/aromatic N) is 2. The summed E-state index contributed by atoms with van der Waals surface area (Å²) in [5.74, 6) is 0.869. The predicted molar refractivity (Wildman–Crippen MR) is 76.8 cm³/mol. The summed E-state index contributed by atoms with van der Waals surface area (Å²) in [5.41, 5.74) is 2.70. The molecule has 0 aromatic carbocycles. The van der Waals surface area contributed by atoms with Crippen LogP contribution in [0.1, 0.15) is 38.7 Å². The van der Waals surface area contributed by atoms with Crippen LogP contribution in [0.5, 0.6) is 0 Å². The zero-order valence-electron chi connectivity index (χ0n) is 11.7. The summed E-state index contributed by atoms with van der Waals surface area (Å²) in [6.07, 6.45) is 7.91. The second kappa shape index (κ2) is 6.74. The second-order valence-corrected chi connectivity index (χ2v) is 5.31. The Morgan fingerprint density at radius 1 is 1.39 bits per heavy atom. The van der Waals surface area contributed by atoms with E-state index >= 15 is 0 Å². The Morgan fingerprint density at radius 2 is 2.28 bits per heavy atom. The molecular weight excluding hydrogens is 222 g/mol. The molecule has 1 aromatic heterocycles. The van der Waals surface area contributed by atoms with E-state index in [2.05, 4.69) is 35.1 Å². The molecule has 1 atom stereocenters. The first-order valence-corrected chi connectivity index (χ1v) is 7.19. The molecule has 1 unspecified atom stereocenters. The van der Waals surface area contributed by atoms with Gasteiger partial charge in [-0.1, -0.05) is 13.8 Å². The van der Waals surface area contributed by atoms with Crippen molar-refractivity contribution in [2.24, 2.45) is 5.92 Å². The summed E-state index contributed by atoms with van der Waals surface area (Å²) in [6.45, 7) is 8.81. The van der Waals surface area contributed by atoms with E-state index in [1.807, 2.05) is 12.4 Å². The lowest BCUT2D eigenvalue weighted by Gasteiger charge is -2.25. The first kappa shape index (κ1) is 13.3. The van der Waals surface area contributed by atoms with Crippen LogP contribution in [0.25, 0.3) is 0 Å². The van der Waals surface area contributed by atoms with Crippen LogP contribution in [0.4, 0.5) is 5.69 Å². The van der Waals surface area contributed by atoms with E-state index in [1.165, 1.54) is 43.6 Å². The zero-order valence-corrected chi connectivity index (χ0v) is 11.7. The SMILES string of the molecule is CCNCc1cnccc1N1CCCC(C)CC1. The van der Waals surface area contributed by atoms with Gasteiger partial charge >= 0.3 is 0 Å². The van der Waals surface area contributed by atoms with Gasteiger partial charge in [-0.25, -0.2) is 0 Å². The number of pyridine rings is 1. The fourth-order valence-electron chi connectivity index (χ4n) is 2.63. The third kappa shape index (κ3) is 3.45. The minimum absolute atomic E-state index is 0.869. The first-order chi connectivity index (χ1) is 8.81. The van der Waals surface area contributed by atoms with Crippen molar-refractivity contribution in [3.05, 3.63) is 24.0 Å². The Hall–Kier alpha value is -1.09. The molecule has 0 saturated carbocycles. The highest BCUT2D eigenvalue weighted by Crippen LogP contribution is 2.24. The summed E-state index contributed by atoms with van der Waals surface area (Å²) in [6, 6.07) is 2.17. The molecule has 3 heteroatoms. The van der Waals surface area contributed by atoms with Crippen LogP contribution in [0.2, 0.25) is 0 Å². The summed E-state index contributed by atoms with van der Waals surface area (Å²) < 4.78 is 0. The second-order valence-electron chi connectivity index (χ2n) is 5.31. The number of rotatable bonds is 4. The van der Waals surface area contributed by atoms with Gasteiger partial charge in [0, 0.05) is 43.3 Å². The quantitative estimate of drug-likeness (QED) is 0.887. The van der Waals surface area contributed by atoms with E-state index in [1.54, 1.807) is 0 Å². The molecule has 0 radical (unpaired) electrons. The van der Waals surface area contributed by atoms with E-state index < -0.39 is 0 Å². The van der Waals surface area contributed by atoms with Gasteiger partial charge in [-0.3, -0.25) is 4.98 Å². The van der Waals surface area contributed by atoms with Crippen molar-refractivity contribution in [1.82, 2.24) is 10.3 Å². The zero-order chi connectivity index (χ0) is 12.8. The fraction of sp³-hybridized carbons (Fsp3) is 0.667. The van der Waals surface area contributed by atoms with Crippen LogP contribution in [0.15, 0.2) is 18.5 Å².